The van der Waals surface area contributed by atoms with Crippen LogP contribution in [0.15, 0.2) is 36.7 Å². The van der Waals surface area contributed by atoms with Crippen molar-refractivity contribution in [2.75, 3.05) is 31.5 Å². The van der Waals surface area contributed by atoms with Crippen LogP contribution >= 0.6 is 0 Å². The van der Waals surface area contributed by atoms with Gasteiger partial charge in [0.05, 0.1) is 5.56 Å². The van der Waals surface area contributed by atoms with Gasteiger partial charge >= 0.3 is 0 Å². The van der Waals surface area contributed by atoms with Crippen LogP contribution in [0, 0.1) is 0 Å². The van der Waals surface area contributed by atoms with Crippen molar-refractivity contribution < 1.29 is 9.59 Å². The van der Waals surface area contributed by atoms with Gasteiger partial charge in [0.15, 0.2) is 0 Å². The second-order valence-electron chi connectivity index (χ2n) is 6.23. The molecule has 0 atom stereocenters. The van der Waals surface area contributed by atoms with Gasteiger partial charge in [-0.1, -0.05) is 25.1 Å². The molecule has 1 N–H and O–H groups in total. The van der Waals surface area contributed by atoms with Gasteiger partial charge in [0.1, 0.15) is 0 Å². The highest BCUT2D eigenvalue weighted by molar-refractivity contribution is 5.94. The molecular weight excluding hydrogens is 330 g/mol. The Morgan fingerprint density at radius 3 is 2.27 bits per heavy atom. The maximum absolute atomic E-state index is 12.6. The molecule has 0 unspecified atom stereocenters. The Bertz CT molecular complexity index is 783. The van der Waals surface area contributed by atoms with Crippen molar-refractivity contribution in [3.8, 4) is 0 Å². The van der Waals surface area contributed by atoms with Crippen LogP contribution in [0.2, 0.25) is 0 Å². The van der Waals surface area contributed by atoms with Crippen molar-refractivity contribution >= 4 is 23.5 Å². The molecule has 1 aromatic heterocycles. The normalized spacial score (nSPS) is 14.2. The topological polar surface area (TPSA) is 78.4 Å². The number of carbonyl (C=O) groups is 2. The highest BCUT2D eigenvalue weighted by Crippen LogP contribution is 2.19. The molecule has 136 valence electrons. The quantitative estimate of drug-likeness (QED) is 0.910. The summed E-state index contributed by atoms with van der Waals surface area (Å²) in [5.41, 5.74) is 2.60. The number of hydrogen-bond acceptors (Lipinski definition) is 5. The minimum absolute atomic E-state index is 0.0446. The average Bonchev–Trinajstić information content (AvgIpc) is 2.68. The fourth-order valence-electron chi connectivity index (χ4n) is 2.98. The van der Waals surface area contributed by atoms with Crippen molar-refractivity contribution in [3.63, 3.8) is 0 Å². The molecule has 1 aliphatic heterocycles. The zero-order valence-electron chi connectivity index (χ0n) is 15.1. The van der Waals surface area contributed by atoms with E-state index in [-0.39, 0.29) is 11.8 Å². The molecule has 7 nitrogen and oxygen atoms in total. The maximum atomic E-state index is 12.6. The predicted octanol–water partition coefficient (Wildman–Crippen LogP) is 2.09. The monoisotopic (exact) mass is 353 g/mol. The summed E-state index contributed by atoms with van der Waals surface area (Å²) in [5, 5.41) is 3.20. The standard InChI is InChI=1S/C19H23N5O2/c1-3-15-6-4-5-7-17(15)22-19-20-12-16(13-21-19)18(26)24-10-8-23(9-11-24)14(2)25/h4-7,12-13H,3,8-11H2,1-2H3,(H,20,21,22). The molecule has 1 aromatic carbocycles. The first kappa shape index (κ1) is 17.8. The number of piperazine rings is 1. The fourth-order valence-corrected chi connectivity index (χ4v) is 2.98. The number of rotatable bonds is 4. The summed E-state index contributed by atoms with van der Waals surface area (Å²) in [5.74, 6) is 0.403. The average molecular weight is 353 g/mol. The maximum Gasteiger partial charge on any atom is 0.257 e. The molecule has 1 saturated heterocycles. The van der Waals surface area contributed by atoms with Crippen molar-refractivity contribution in [1.82, 2.24) is 19.8 Å². The number of nitrogens with zero attached hydrogens (tertiary/aromatic N) is 4. The minimum Gasteiger partial charge on any atom is -0.339 e. The van der Waals surface area contributed by atoms with Crippen molar-refractivity contribution in [1.29, 1.82) is 0 Å². The van der Waals surface area contributed by atoms with Crippen molar-refractivity contribution in [2.45, 2.75) is 20.3 Å². The van der Waals surface area contributed by atoms with E-state index in [2.05, 4.69) is 28.3 Å². The van der Waals surface area contributed by atoms with Crippen LogP contribution < -0.4 is 5.32 Å². The second-order valence-corrected chi connectivity index (χ2v) is 6.23. The van der Waals surface area contributed by atoms with Gasteiger partial charge in [0.25, 0.3) is 5.91 Å². The van der Waals surface area contributed by atoms with Crippen LogP contribution in [0.25, 0.3) is 0 Å². The van der Waals surface area contributed by atoms with E-state index in [1.807, 2.05) is 18.2 Å². The molecule has 2 aromatic rings. The molecule has 2 heterocycles. The number of hydrogen-bond donors (Lipinski definition) is 1. The van der Waals surface area contributed by atoms with Crippen molar-refractivity contribution in [3.05, 3.63) is 47.8 Å². The first-order chi connectivity index (χ1) is 12.6. The Morgan fingerprint density at radius 2 is 1.65 bits per heavy atom. The predicted molar refractivity (Wildman–Crippen MR) is 99.3 cm³/mol. The minimum atomic E-state index is -0.103. The SMILES string of the molecule is CCc1ccccc1Nc1ncc(C(=O)N2CCN(C(C)=O)CC2)cn1. The molecule has 3 rings (SSSR count). The number of nitrogens with one attached hydrogen (secondary N) is 1. The van der Waals surface area contributed by atoms with E-state index in [0.29, 0.717) is 37.7 Å². The number of carbonyl (C=O) groups excluding carboxylic acids is 2. The fraction of sp³-hybridized carbons (Fsp3) is 0.368. The van der Waals surface area contributed by atoms with Crippen LogP contribution in [-0.4, -0.2) is 57.8 Å². The summed E-state index contributed by atoms with van der Waals surface area (Å²) in [4.78, 5) is 36.0. The molecule has 0 saturated carbocycles. The first-order valence-corrected chi connectivity index (χ1v) is 8.80. The second kappa shape index (κ2) is 7.95. The highest BCUT2D eigenvalue weighted by Gasteiger charge is 2.23. The van der Waals surface area contributed by atoms with E-state index in [0.717, 1.165) is 12.1 Å². The summed E-state index contributed by atoms with van der Waals surface area (Å²) in [7, 11) is 0. The number of aryl methyl sites for hydroxylation is 1. The van der Waals surface area contributed by atoms with Gasteiger partial charge in [-0.3, -0.25) is 9.59 Å². The van der Waals surface area contributed by atoms with Gasteiger partial charge in [-0.25, -0.2) is 9.97 Å². The molecule has 0 radical (unpaired) electrons. The third-order valence-corrected chi connectivity index (χ3v) is 4.56. The number of benzene rings is 1. The molecule has 26 heavy (non-hydrogen) atoms. The zero-order valence-corrected chi connectivity index (χ0v) is 15.1. The van der Waals surface area contributed by atoms with Crippen LogP contribution in [0.1, 0.15) is 29.8 Å². The lowest BCUT2D eigenvalue weighted by Crippen LogP contribution is -2.50. The third kappa shape index (κ3) is 3.99. The van der Waals surface area contributed by atoms with E-state index in [9.17, 15) is 9.59 Å². The molecule has 0 bridgehead atoms. The molecule has 1 aliphatic rings. The molecule has 0 spiro atoms. The van der Waals surface area contributed by atoms with Gasteiger partial charge in [0.2, 0.25) is 11.9 Å². The van der Waals surface area contributed by atoms with E-state index in [1.54, 1.807) is 29.1 Å². The number of aromatic nitrogens is 2. The summed E-state index contributed by atoms with van der Waals surface area (Å²) in [6, 6.07) is 8.00. The highest BCUT2D eigenvalue weighted by atomic mass is 16.2. The number of para-hydroxylation sites is 1. The van der Waals surface area contributed by atoms with Crippen molar-refractivity contribution in [2.24, 2.45) is 0 Å². The Kier molecular flexibility index (Phi) is 5.46. The smallest absolute Gasteiger partial charge is 0.257 e. The van der Waals surface area contributed by atoms with Crippen LogP contribution in [0.3, 0.4) is 0 Å². The molecule has 2 amide bonds. The zero-order chi connectivity index (χ0) is 18.5. The van der Waals surface area contributed by atoms with E-state index >= 15 is 0 Å². The Balaban J connectivity index is 1.64. The first-order valence-electron chi connectivity index (χ1n) is 8.80. The van der Waals surface area contributed by atoms with Crippen LogP contribution in [0.5, 0.6) is 0 Å². The van der Waals surface area contributed by atoms with Gasteiger partial charge in [-0.05, 0) is 18.1 Å². The van der Waals surface area contributed by atoms with Crippen LogP contribution in [0.4, 0.5) is 11.6 Å². The van der Waals surface area contributed by atoms with Gasteiger partial charge in [0, 0.05) is 51.2 Å². The summed E-state index contributed by atoms with van der Waals surface area (Å²) >= 11 is 0. The lowest BCUT2D eigenvalue weighted by molar-refractivity contribution is -0.130. The van der Waals surface area contributed by atoms with E-state index < -0.39 is 0 Å². The summed E-state index contributed by atoms with van der Waals surface area (Å²) in [6.07, 6.45) is 4.00. The largest absolute Gasteiger partial charge is 0.339 e. The van der Waals surface area contributed by atoms with E-state index in [4.69, 9.17) is 0 Å². The van der Waals surface area contributed by atoms with Gasteiger partial charge in [-0.2, -0.15) is 0 Å². The Morgan fingerprint density at radius 1 is 1.04 bits per heavy atom. The third-order valence-electron chi connectivity index (χ3n) is 4.56. The van der Waals surface area contributed by atoms with Crippen LogP contribution in [-0.2, 0) is 11.2 Å². The Labute approximate surface area is 153 Å². The summed E-state index contributed by atoms with van der Waals surface area (Å²) in [6.45, 7) is 5.83. The molecule has 7 heteroatoms. The van der Waals surface area contributed by atoms with Gasteiger partial charge in [-0.15, -0.1) is 0 Å². The number of anilines is 2. The number of amides is 2. The summed E-state index contributed by atoms with van der Waals surface area (Å²) < 4.78 is 0. The van der Waals surface area contributed by atoms with Gasteiger partial charge < -0.3 is 15.1 Å². The molecule has 0 aliphatic carbocycles. The lowest BCUT2D eigenvalue weighted by atomic mass is 10.1. The Hall–Kier alpha value is -2.96. The lowest BCUT2D eigenvalue weighted by Gasteiger charge is -2.34. The van der Waals surface area contributed by atoms with E-state index in [1.165, 1.54) is 5.56 Å². The molecular formula is C19H23N5O2. The molecule has 1 fully saturated rings.